The van der Waals surface area contributed by atoms with Crippen molar-refractivity contribution in [1.82, 2.24) is 9.78 Å². The Labute approximate surface area is 88.8 Å². The molecule has 0 unspecified atom stereocenters. The molecule has 1 aromatic heterocycles. The van der Waals surface area contributed by atoms with Crippen LogP contribution in [0, 0.1) is 3.57 Å². The Morgan fingerprint density at radius 2 is 2.38 bits per heavy atom. The van der Waals surface area contributed by atoms with Crippen molar-refractivity contribution in [2.24, 2.45) is 7.05 Å². The number of ether oxygens (including phenoxy) is 1. The summed E-state index contributed by atoms with van der Waals surface area (Å²) >= 11 is 1.91. The number of carboxylic acids is 1. The number of hydrogen-bond donors (Lipinski definition) is 1. The first-order valence-corrected chi connectivity index (χ1v) is 4.74. The van der Waals surface area contributed by atoms with Crippen molar-refractivity contribution in [3.8, 4) is 5.88 Å². The molecule has 0 aliphatic heterocycles. The molecule has 0 aliphatic carbocycles. The minimum Gasteiger partial charge on any atom is -0.476 e. The van der Waals surface area contributed by atoms with Crippen LogP contribution in [0.1, 0.15) is 17.4 Å². The lowest BCUT2D eigenvalue weighted by atomic mass is 10.4. The molecule has 0 spiro atoms. The molecule has 1 N–H and O–H groups in total. The fourth-order valence-electron chi connectivity index (χ4n) is 0.935. The van der Waals surface area contributed by atoms with Crippen LogP contribution in [0.4, 0.5) is 0 Å². The van der Waals surface area contributed by atoms with E-state index in [1.54, 1.807) is 7.05 Å². The molecule has 6 heteroatoms. The highest BCUT2D eigenvalue weighted by atomic mass is 127. The molecular formula is C7H9IN2O3. The molecule has 0 aliphatic rings. The average molecular weight is 296 g/mol. The lowest BCUT2D eigenvalue weighted by Crippen LogP contribution is -2.06. The average Bonchev–Trinajstić information content (AvgIpc) is 2.28. The van der Waals surface area contributed by atoms with Gasteiger partial charge in [0.25, 0.3) is 0 Å². The van der Waals surface area contributed by atoms with Crippen LogP contribution in [0.5, 0.6) is 5.88 Å². The van der Waals surface area contributed by atoms with E-state index in [2.05, 4.69) is 5.10 Å². The summed E-state index contributed by atoms with van der Waals surface area (Å²) in [6, 6.07) is 0. The fourth-order valence-corrected chi connectivity index (χ4v) is 1.78. The normalized spacial score (nSPS) is 10.1. The van der Waals surface area contributed by atoms with Crippen molar-refractivity contribution in [1.29, 1.82) is 0 Å². The summed E-state index contributed by atoms with van der Waals surface area (Å²) in [5, 5.41) is 12.7. The predicted molar refractivity (Wildman–Crippen MR) is 54.1 cm³/mol. The second kappa shape index (κ2) is 3.95. The molecular weight excluding hydrogens is 287 g/mol. The Morgan fingerprint density at radius 1 is 1.77 bits per heavy atom. The number of nitrogens with zero attached hydrogens (tertiary/aromatic N) is 2. The van der Waals surface area contributed by atoms with Gasteiger partial charge >= 0.3 is 5.97 Å². The van der Waals surface area contributed by atoms with Gasteiger partial charge < -0.3 is 9.84 Å². The van der Waals surface area contributed by atoms with E-state index in [4.69, 9.17) is 9.84 Å². The lowest BCUT2D eigenvalue weighted by molar-refractivity contribution is 0.0683. The molecule has 1 rings (SSSR count). The van der Waals surface area contributed by atoms with Crippen molar-refractivity contribution in [3.63, 3.8) is 0 Å². The summed E-state index contributed by atoms with van der Waals surface area (Å²) in [6.45, 7) is 2.30. The first kappa shape index (κ1) is 10.3. The zero-order chi connectivity index (χ0) is 10.0. The van der Waals surface area contributed by atoms with Gasteiger partial charge in [0.1, 0.15) is 3.57 Å². The van der Waals surface area contributed by atoms with Crippen LogP contribution in [0.2, 0.25) is 0 Å². The number of aromatic nitrogens is 2. The molecule has 13 heavy (non-hydrogen) atoms. The second-order valence-corrected chi connectivity index (χ2v) is 3.41. The first-order chi connectivity index (χ1) is 6.07. The maximum Gasteiger partial charge on any atom is 0.355 e. The SMILES string of the molecule is CCOc1nn(C)c(C(=O)O)c1I. The smallest absolute Gasteiger partial charge is 0.355 e. The predicted octanol–water partition coefficient (Wildman–Crippen LogP) is 1.12. The number of aryl methyl sites for hydroxylation is 1. The van der Waals surface area contributed by atoms with Crippen LogP contribution in [0.15, 0.2) is 0 Å². The molecule has 0 atom stereocenters. The summed E-state index contributed by atoms with van der Waals surface area (Å²) in [6.07, 6.45) is 0. The molecule has 0 radical (unpaired) electrons. The maximum absolute atomic E-state index is 10.7. The van der Waals surface area contributed by atoms with E-state index in [1.807, 2.05) is 29.5 Å². The van der Waals surface area contributed by atoms with Crippen LogP contribution < -0.4 is 4.74 Å². The largest absolute Gasteiger partial charge is 0.476 e. The number of hydrogen-bond acceptors (Lipinski definition) is 3. The molecule has 1 aromatic rings. The molecule has 1 heterocycles. The van der Waals surface area contributed by atoms with E-state index in [-0.39, 0.29) is 5.69 Å². The third-order valence-electron chi connectivity index (χ3n) is 1.44. The molecule has 0 saturated heterocycles. The fraction of sp³-hybridized carbons (Fsp3) is 0.429. The Bertz CT molecular complexity index is 335. The van der Waals surface area contributed by atoms with Crippen molar-refractivity contribution in [3.05, 3.63) is 9.26 Å². The van der Waals surface area contributed by atoms with Crippen LogP contribution >= 0.6 is 22.6 Å². The quantitative estimate of drug-likeness (QED) is 0.849. The standard InChI is InChI=1S/C7H9IN2O3/c1-3-13-6-4(8)5(7(11)12)10(2)9-6/h3H2,1-2H3,(H,11,12). The minimum atomic E-state index is -0.995. The third-order valence-corrected chi connectivity index (χ3v) is 2.42. The second-order valence-electron chi connectivity index (χ2n) is 2.33. The highest BCUT2D eigenvalue weighted by Gasteiger charge is 2.19. The van der Waals surface area contributed by atoms with Gasteiger partial charge in [-0.05, 0) is 29.5 Å². The van der Waals surface area contributed by atoms with Gasteiger partial charge in [-0.1, -0.05) is 0 Å². The van der Waals surface area contributed by atoms with Gasteiger partial charge in [0.05, 0.1) is 6.61 Å². The topological polar surface area (TPSA) is 64.4 Å². The van der Waals surface area contributed by atoms with E-state index in [1.165, 1.54) is 4.68 Å². The van der Waals surface area contributed by atoms with Crippen molar-refractivity contribution in [2.45, 2.75) is 6.92 Å². The summed E-state index contributed by atoms with van der Waals surface area (Å²) in [7, 11) is 1.58. The monoisotopic (exact) mass is 296 g/mol. The van der Waals surface area contributed by atoms with Crippen molar-refractivity contribution >= 4 is 28.6 Å². The highest BCUT2D eigenvalue weighted by molar-refractivity contribution is 14.1. The number of halogens is 1. The summed E-state index contributed by atoms with van der Waals surface area (Å²) in [5.41, 5.74) is 0.157. The molecule has 72 valence electrons. The number of carbonyl (C=O) groups is 1. The zero-order valence-electron chi connectivity index (χ0n) is 7.24. The Kier molecular flexibility index (Phi) is 3.12. The Hall–Kier alpha value is -0.790. The molecule has 5 nitrogen and oxygen atoms in total. The van der Waals surface area contributed by atoms with Gasteiger partial charge in [-0.3, -0.25) is 4.68 Å². The van der Waals surface area contributed by atoms with E-state index in [9.17, 15) is 4.79 Å². The Morgan fingerprint density at radius 3 is 2.77 bits per heavy atom. The van der Waals surface area contributed by atoms with Gasteiger partial charge in [0.15, 0.2) is 5.69 Å². The first-order valence-electron chi connectivity index (χ1n) is 3.66. The maximum atomic E-state index is 10.7. The third kappa shape index (κ3) is 1.93. The van der Waals surface area contributed by atoms with E-state index in [0.717, 1.165) is 0 Å². The molecule has 0 aromatic carbocycles. The van der Waals surface area contributed by atoms with Gasteiger partial charge in [0, 0.05) is 7.05 Å². The molecule has 0 bridgehead atoms. The Balaban J connectivity index is 3.14. The van der Waals surface area contributed by atoms with Gasteiger partial charge in [-0.15, -0.1) is 5.10 Å². The van der Waals surface area contributed by atoms with E-state index >= 15 is 0 Å². The molecule has 0 amide bonds. The number of aromatic carboxylic acids is 1. The van der Waals surface area contributed by atoms with Crippen LogP contribution in [0.25, 0.3) is 0 Å². The van der Waals surface area contributed by atoms with Crippen LogP contribution in [-0.4, -0.2) is 27.5 Å². The van der Waals surface area contributed by atoms with Gasteiger partial charge in [-0.2, -0.15) is 0 Å². The van der Waals surface area contributed by atoms with Crippen molar-refractivity contribution < 1.29 is 14.6 Å². The summed E-state index contributed by atoms with van der Waals surface area (Å²) in [4.78, 5) is 10.7. The van der Waals surface area contributed by atoms with E-state index < -0.39 is 5.97 Å². The number of rotatable bonds is 3. The van der Waals surface area contributed by atoms with E-state index in [0.29, 0.717) is 16.1 Å². The summed E-state index contributed by atoms with van der Waals surface area (Å²) in [5.74, 6) is -0.617. The van der Waals surface area contributed by atoms with Crippen molar-refractivity contribution in [2.75, 3.05) is 6.61 Å². The zero-order valence-corrected chi connectivity index (χ0v) is 9.40. The number of carboxylic acid groups (broad SMARTS) is 1. The van der Waals surface area contributed by atoms with Crippen LogP contribution in [0.3, 0.4) is 0 Å². The van der Waals surface area contributed by atoms with Crippen LogP contribution in [-0.2, 0) is 7.05 Å². The highest BCUT2D eigenvalue weighted by Crippen LogP contribution is 2.22. The lowest BCUT2D eigenvalue weighted by Gasteiger charge is -1.96. The van der Waals surface area contributed by atoms with Gasteiger partial charge in [0.2, 0.25) is 5.88 Å². The summed E-state index contributed by atoms with van der Waals surface area (Å²) < 4.78 is 6.98. The molecule has 0 fully saturated rings. The van der Waals surface area contributed by atoms with Gasteiger partial charge in [-0.25, -0.2) is 4.79 Å². The molecule has 0 saturated carbocycles. The minimum absolute atomic E-state index is 0.157.